The topological polar surface area (TPSA) is 113 Å². The van der Waals surface area contributed by atoms with Crippen LogP contribution in [0.25, 0.3) is 22.3 Å². The number of hydrogen-bond donors (Lipinski definition) is 1. The molecule has 226 valence electrons. The van der Waals surface area contributed by atoms with Crippen molar-refractivity contribution in [1.29, 1.82) is 0 Å². The molecule has 0 saturated carbocycles. The van der Waals surface area contributed by atoms with Crippen molar-refractivity contribution in [2.75, 3.05) is 63.7 Å². The van der Waals surface area contributed by atoms with E-state index in [1.54, 1.807) is 26.6 Å². The summed E-state index contributed by atoms with van der Waals surface area (Å²) in [6.07, 6.45) is 4.61. The van der Waals surface area contributed by atoms with Crippen molar-refractivity contribution in [2.45, 2.75) is 5.67 Å². The summed E-state index contributed by atoms with van der Waals surface area (Å²) in [6, 6.07) is 15.2. The minimum absolute atomic E-state index is 0.229. The van der Waals surface area contributed by atoms with E-state index in [-0.39, 0.29) is 19.0 Å². The van der Waals surface area contributed by atoms with Crippen LogP contribution in [0.2, 0.25) is 0 Å². The van der Waals surface area contributed by atoms with Crippen LogP contribution < -0.4 is 19.7 Å². The number of anilines is 3. The number of carbonyl (C=O) groups is 2. The van der Waals surface area contributed by atoms with E-state index in [2.05, 4.69) is 26.8 Å². The quantitative estimate of drug-likeness (QED) is 0.303. The Kier molecular flexibility index (Phi) is 7.73. The van der Waals surface area contributed by atoms with Crippen LogP contribution in [-0.4, -0.2) is 95.7 Å². The van der Waals surface area contributed by atoms with Crippen molar-refractivity contribution in [3.63, 3.8) is 0 Å². The third-order valence-corrected chi connectivity index (χ3v) is 7.87. The molecule has 4 aromatic rings. The van der Waals surface area contributed by atoms with E-state index in [1.165, 1.54) is 9.80 Å². The summed E-state index contributed by atoms with van der Waals surface area (Å²) in [5, 5.41) is 3.37. The van der Waals surface area contributed by atoms with Gasteiger partial charge in [0.15, 0.2) is 0 Å². The number of fused-ring (bicyclic) bond motifs is 1. The number of rotatable bonds is 8. The van der Waals surface area contributed by atoms with E-state index in [1.807, 2.05) is 48.5 Å². The summed E-state index contributed by atoms with van der Waals surface area (Å²) in [7, 11) is 3.22. The molecule has 0 atom stereocenters. The van der Waals surface area contributed by atoms with Gasteiger partial charge >= 0.3 is 0 Å². The lowest BCUT2D eigenvalue weighted by molar-refractivity contribution is -0.161. The first-order chi connectivity index (χ1) is 21.3. The highest BCUT2D eigenvalue weighted by Crippen LogP contribution is 2.31. The van der Waals surface area contributed by atoms with Gasteiger partial charge in [0.05, 0.1) is 50.2 Å². The van der Waals surface area contributed by atoms with Gasteiger partial charge in [-0.25, -0.2) is 14.4 Å². The first kappa shape index (κ1) is 28.8. The van der Waals surface area contributed by atoms with E-state index >= 15 is 4.39 Å². The predicted octanol–water partition coefficient (Wildman–Crippen LogP) is 3.84. The van der Waals surface area contributed by atoms with E-state index in [0.29, 0.717) is 43.4 Å². The Labute approximate surface area is 253 Å². The third-order valence-electron chi connectivity index (χ3n) is 7.87. The van der Waals surface area contributed by atoms with Crippen molar-refractivity contribution in [3.05, 3.63) is 73.6 Å². The van der Waals surface area contributed by atoms with E-state index in [0.717, 1.165) is 39.9 Å². The molecule has 2 amide bonds. The second kappa shape index (κ2) is 11.8. The number of amides is 2. The molecule has 0 bridgehead atoms. The fourth-order valence-corrected chi connectivity index (χ4v) is 5.40. The minimum atomic E-state index is -2.03. The highest BCUT2D eigenvalue weighted by atomic mass is 19.1. The normalized spacial score (nSPS) is 15.8. The van der Waals surface area contributed by atoms with Gasteiger partial charge in [-0.2, -0.15) is 0 Å². The molecular formula is C32H32FN7O4. The number of benzene rings is 2. The molecule has 1 N–H and O–H groups in total. The first-order valence-electron chi connectivity index (χ1n) is 14.2. The molecule has 0 aliphatic carbocycles. The first-order valence-corrected chi connectivity index (χ1v) is 14.2. The molecule has 0 radical (unpaired) electrons. The number of nitrogens with one attached hydrogen (secondary N) is 1. The molecule has 2 aromatic heterocycles. The third kappa shape index (κ3) is 5.70. The minimum Gasteiger partial charge on any atom is -0.497 e. The van der Waals surface area contributed by atoms with Crippen LogP contribution >= 0.6 is 0 Å². The standard InChI is InChI=1S/C32H32FN7O4/c1-4-30(41)40-19-32(33,20-40)31(42)39-11-9-38(10-12-39)29-8-5-21(17-35-29)28-18-34-26-7-6-22(15-27(26)37-28)36-23-13-24(43-2)16-25(14-23)44-3/h4-8,13-18,36H,1,9-12,19-20H2,2-3H3. The summed E-state index contributed by atoms with van der Waals surface area (Å²) < 4.78 is 25.8. The summed E-state index contributed by atoms with van der Waals surface area (Å²) in [5.41, 5.74) is 2.61. The lowest BCUT2D eigenvalue weighted by atomic mass is 9.94. The molecule has 2 fully saturated rings. The average molecular weight is 598 g/mol. The lowest BCUT2D eigenvalue weighted by Gasteiger charge is -2.46. The molecule has 44 heavy (non-hydrogen) atoms. The smallest absolute Gasteiger partial charge is 0.264 e. The van der Waals surface area contributed by atoms with Gasteiger partial charge in [-0.3, -0.25) is 14.6 Å². The number of aromatic nitrogens is 3. The Morgan fingerprint density at radius 1 is 0.886 bits per heavy atom. The van der Waals surface area contributed by atoms with Crippen LogP contribution in [0.15, 0.2) is 73.6 Å². The zero-order valence-electron chi connectivity index (χ0n) is 24.5. The molecule has 2 aliphatic heterocycles. The molecule has 4 heterocycles. The van der Waals surface area contributed by atoms with Crippen LogP contribution in [0, 0.1) is 0 Å². The van der Waals surface area contributed by atoms with Crippen molar-refractivity contribution < 1.29 is 23.5 Å². The van der Waals surface area contributed by atoms with Crippen molar-refractivity contribution in [1.82, 2.24) is 24.8 Å². The number of likely N-dealkylation sites (tertiary alicyclic amines) is 1. The van der Waals surface area contributed by atoms with Gasteiger partial charge in [0.1, 0.15) is 17.3 Å². The van der Waals surface area contributed by atoms with Crippen LogP contribution in [0.5, 0.6) is 11.5 Å². The monoisotopic (exact) mass is 597 g/mol. The second-order valence-corrected chi connectivity index (χ2v) is 10.7. The Hall–Kier alpha value is -5.26. The van der Waals surface area contributed by atoms with E-state index in [9.17, 15) is 9.59 Å². The Bertz CT molecular complexity index is 1700. The highest BCUT2D eigenvalue weighted by Gasteiger charge is 2.53. The van der Waals surface area contributed by atoms with E-state index in [4.69, 9.17) is 14.5 Å². The number of alkyl halides is 1. The second-order valence-electron chi connectivity index (χ2n) is 10.7. The zero-order valence-corrected chi connectivity index (χ0v) is 24.5. The molecule has 2 aromatic carbocycles. The van der Waals surface area contributed by atoms with E-state index < -0.39 is 11.6 Å². The van der Waals surface area contributed by atoms with Crippen molar-refractivity contribution in [3.8, 4) is 22.8 Å². The maximum atomic E-state index is 15.1. The summed E-state index contributed by atoms with van der Waals surface area (Å²) >= 11 is 0. The molecular weight excluding hydrogens is 565 g/mol. The fourth-order valence-electron chi connectivity index (χ4n) is 5.40. The zero-order chi connectivity index (χ0) is 30.8. The Morgan fingerprint density at radius 3 is 2.25 bits per heavy atom. The molecule has 2 aliphatic rings. The molecule has 2 saturated heterocycles. The number of halogens is 1. The van der Waals surface area contributed by atoms with Gasteiger partial charge in [-0.1, -0.05) is 6.58 Å². The molecule has 6 rings (SSSR count). The Morgan fingerprint density at radius 2 is 1.61 bits per heavy atom. The van der Waals surface area contributed by atoms with Gasteiger partial charge < -0.3 is 29.5 Å². The van der Waals surface area contributed by atoms with Crippen molar-refractivity contribution in [2.24, 2.45) is 0 Å². The van der Waals surface area contributed by atoms with Gasteiger partial charge in [-0.05, 0) is 36.4 Å². The largest absolute Gasteiger partial charge is 0.497 e. The van der Waals surface area contributed by atoms with Gasteiger partial charge in [0.2, 0.25) is 11.6 Å². The van der Waals surface area contributed by atoms with Gasteiger partial charge in [-0.15, -0.1) is 0 Å². The number of ether oxygens (including phenoxy) is 2. The summed E-state index contributed by atoms with van der Waals surface area (Å²) in [4.78, 5) is 43.4. The average Bonchev–Trinajstić information content (AvgIpc) is 3.05. The summed E-state index contributed by atoms with van der Waals surface area (Å²) in [5.74, 6) is 1.18. The SMILES string of the molecule is C=CC(=O)N1CC(F)(C(=O)N2CCN(c3ccc(-c4cnc5ccc(Nc6cc(OC)cc(OC)c6)cc5n4)cn3)CC2)C1. The lowest BCUT2D eigenvalue weighted by Crippen LogP contribution is -2.68. The summed E-state index contributed by atoms with van der Waals surface area (Å²) in [6.45, 7) is 4.74. The molecule has 11 nitrogen and oxygen atoms in total. The van der Waals surface area contributed by atoms with Gasteiger partial charge in [0.25, 0.3) is 5.91 Å². The molecule has 0 spiro atoms. The number of pyridine rings is 1. The number of carbonyl (C=O) groups excluding carboxylic acids is 2. The molecule has 12 heteroatoms. The van der Waals surface area contributed by atoms with Crippen LogP contribution in [0.4, 0.5) is 21.6 Å². The number of hydrogen-bond acceptors (Lipinski definition) is 9. The number of methoxy groups -OCH3 is 2. The van der Waals surface area contributed by atoms with Gasteiger partial charge in [0, 0.05) is 67.5 Å². The molecule has 0 unspecified atom stereocenters. The number of piperazine rings is 1. The predicted molar refractivity (Wildman–Crippen MR) is 165 cm³/mol. The highest BCUT2D eigenvalue weighted by molar-refractivity contribution is 5.93. The number of nitrogens with zero attached hydrogens (tertiary/aromatic N) is 6. The van der Waals surface area contributed by atoms with Crippen LogP contribution in [0.3, 0.4) is 0 Å². The van der Waals surface area contributed by atoms with Crippen LogP contribution in [0.1, 0.15) is 0 Å². The maximum absolute atomic E-state index is 15.1. The van der Waals surface area contributed by atoms with Crippen molar-refractivity contribution >= 4 is 40.0 Å². The Balaban J connectivity index is 1.10. The fraction of sp³-hybridized carbons (Fsp3) is 0.281. The van der Waals surface area contributed by atoms with Crippen LogP contribution in [-0.2, 0) is 9.59 Å². The maximum Gasteiger partial charge on any atom is 0.264 e.